The SMILES string of the molecule is CC12CCC(C1)C(C)(C)[C@H]2NC(=O)c1nn(-c2ccc(Cl)cc2Cl)c2c1CCCCC2Cc1cccc(F)c1.CC12CCC(C1)C(C)(C)[C@H]2NC(=O)c1nn(C2CCCCC2)c2c1CCCCC2Cc1cccc(F)c1.O=C(NC1CCC1)c1nn(C2CCCCC2)c2c1CCCCC2Cc1cccc(F)c1. The van der Waals surface area contributed by atoms with Gasteiger partial charge in [-0.05, 0) is 265 Å². The van der Waals surface area contributed by atoms with Gasteiger partial charge in [0, 0.05) is 69.0 Å². The third kappa shape index (κ3) is 15.6. The number of carbonyl (C=O) groups excluding carboxylic acids is 3. The molecule has 572 valence electrons. The number of aromatic nitrogens is 6. The molecule has 3 aromatic heterocycles. The van der Waals surface area contributed by atoms with Crippen LogP contribution in [0, 0.1) is 50.9 Å². The van der Waals surface area contributed by atoms with Crippen LogP contribution in [0.15, 0.2) is 91.0 Å². The van der Waals surface area contributed by atoms with Gasteiger partial charge in [0.1, 0.15) is 17.5 Å². The van der Waals surface area contributed by atoms with E-state index in [1.165, 1.54) is 111 Å². The quantitative estimate of drug-likeness (QED) is 0.0873. The minimum absolute atomic E-state index is 0.0157. The normalized spacial score (nSPS) is 27.2. The van der Waals surface area contributed by atoms with E-state index >= 15 is 0 Å². The molecule has 10 aliphatic carbocycles. The van der Waals surface area contributed by atoms with Crippen LogP contribution in [0.5, 0.6) is 0 Å². The van der Waals surface area contributed by atoms with Crippen molar-refractivity contribution in [3.63, 3.8) is 0 Å². The first-order valence-corrected chi connectivity index (χ1v) is 42.2. The van der Waals surface area contributed by atoms with E-state index in [1.54, 1.807) is 42.5 Å². The topological polar surface area (TPSA) is 141 Å². The van der Waals surface area contributed by atoms with Crippen molar-refractivity contribution in [1.29, 1.82) is 0 Å². The predicted molar refractivity (Wildman–Crippen MR) is 420 cm³/mol. The first-order chi connectivity index (χ1) is 51.5. The molecule has 4 aromatic carbocycles. The van der Waals surface area contributed by atoms with E-state index in [4.69, 9.17) is 38.5 Å². The maximum absolute atomic E-state index is 14.1. The summed E-state index contributed by atoms with van der Waals surface area (Å²) in [6.07, 6.45) is 37.1. The van der Waals surface area contributed by atoms with Crippen LogP contribution in [0.3, 0.4) is 0 Å². The number of carbonyl (C=O) groups is 3. The van der Waals surface area contributed by atoms with Crippen LogP contribution in [0.1, 0.15) is 333 Å². The molecular formula is C90H114Cl2F3N9O3. The molecule has 10 aliphatic rings. The minimum atomic E-state index is -0.238. The fourth-order valence-corrected chi connectivity index (χ4v) is 23.0. The number of fused-ring (bicyclic) bond motifs is 7. The van der Waals surface area contributed by atoms with Crippen LogP contribution in [-0.2, 0) is 38.5 Å². The fraction of sp³-hybridized carbons (Fsp3) is 0.600. The summed E-state index contributed by atoms with van der Waals surface area (Å²) in [5.74, 6) is 1.31. The molecule has 9 atom stereocenters. The zero-order chi connectivity index (χ0) is 74.5. The number of amides is 3. The number of halogens is 5. The summed E-state index contributed by atoms with van der Waals surface area (Å²) in [7, 11) is 0. The van der Waals surface area contributed by atoms with Crippen LogP contribution in [0.25, 0.3) is 5.69 Å². The second-order valence-corrected chi connectivity index (χ2v) is 37.0. The average molecular weight is 1500 g/mol. The van der Waals surface area contributed by atoms with Gasteiger partial charge in [-0.25, -0.2) is 17.9 Å². The van der Waals surface area contributed by atoms with Crippen molar-refractivity contribution in [3.8, 4) is 5.69 Å². The molecule has 0 aliphatic heterocycles. The molecule has 107 heavy (non-hydrogen) atoms. The summed E-state index contributed by atoms with van der Waals surface area (Å²) in [5.41, 5.74) is 12.9. The summed E-state index contributed by atoms with van der Waals surface area (Å²) in [4.78, 5) is 41.4. The highest BCUT2D eigenvalue weighted by Crippen LogP contribution is 2.64. The van der Waals surface area contributed by atoms with Crippen molar-refractivity contribution in [2.75, 3.05) is 0 Å². The second-order valence-electron chi connectivity index (χ2n) is 36.2. The Labute approximate surface area is 643 Å². The van der Waals surface area contributed by atoms with Crippen molar-refractivity contribution in [2.24, 2.45) is 33.5 Å². The van der Waals surface area contributed by atoms with Crippen molar-refractivity contribution in [1.82, 2.24) is 45.3 Å². The molecule has 3 heterocycles. The molecule has 3 N–H and O–H groups in total. The van der Waals surface area contributed by atoms with E-state index in [-0.39, 0.29) is 80.8 Å². The van der Waals surface area contributed by atoms with Gasteiger partial charge >= 0.3 is 0 Å². The molecule has 4 bridgehead atoms. The van der Waals surface area contributed by atoms with Crippen molar-refractivity contribution >= 4 is 40.9 Å². The number of hydrogen-bond acceptors (Lipinski definition) is 6. The standard InChI is InChI=1S/C32H36Cl2FN3O.C32H44FN3O.C26H34FN3O/c1-31(2)21-13-14-32(3,18-21)30(31)36-29(39)27-24-10-5-4-8-20(15-19-7-6-9-23(35)16-19)28(24)38(37-27)26-12-11-22(33)17-25(26)34;1-31(2)23-16-17-32(3,20-23)30(31)34-29(37)27-26-15-8-7-11-22(18-21-10-9-12-24(33)19-21)28(26)36(35-27)25-13-5-4-6-14-25;27-20-10-6-8-18(17-20)16-19-9-4-5-15-23-24(26(31)28-21-11-7-12-21)29-30(25(19)23)22-13-2-1-3-14-22/h6-7,9,11-12,16-17,20-21,30H,4-5,8,10,13-15,18H2,1-3H3,(H,36,39);9-10,12,19,22-23,25,30H,4-8,11,13-18,20H2,1-3H3,(H,34,37);6,8,10,17,19,21-22H,1-5,7,9,11-16H2,(H,28,31)/t20?,21?,30-,32?;22?,23?,30-,32?;/m11./s1. The van der Waals surface area contributed by atoms with E-state index in [0.717, 1.165) is 169 Å². The Bertz CT molecular complexity index is 4380. The van der Waals surface area contributed by atoms with Crippen molar-refractivity contribution in [2.45, 2.75) is 308 Å². The summed E-state index contributed by atoms with van der Waals surface area (Å²) in [6.45, 7) is 14.0. The lowest BCUT2D eigenvalue weighted by molar-refractivity contribution is 0.0728. The maximum atomic E-state index is 14.1. The molecular weight excluding hydrogens is 1380 g/mol. The van der Waals surface area contributed by atoms with Gasteiger partial charge in [-0.1, -0.05) is 159 Å². The van der Waals surface area contributed by atoms with E-state index < -0.39 is 0 Å². The molecule has 7 fully saturated rings. The van der Waals surface area contributed by atoms with Crippen LogP contribution in [0.2, 0.25) is 10.0 Å². The highest BCUT2D eigenvalue weighted by molar-refractivity contribution is 6.35. The van der Waals surface area contributed by atoms with Crippen LogP contribution < -0.4 is 16.0 Å². The lowest BCUT2D eigenvalue weighted by atomic mass is 9.68. The maximum Gasteiger partial charge on any atom is 0.272 e. The number of hydrogen-bond donors (Lipinski definition) is 3. The molecule has 7 aromatic rings. The van der Waals surface area contributed by atoms with Crippen LogP contribution in [0.4, 0.5) is 13.2 Å². The van der Waals surface area contributed by atoms with Crippen LogP contribution >= 0.6 is 23.2 Å². The molecule has 0 radical (unpaired) electrons. The highest BCUT2D eigenvalue weighted by atomic mass is 35.5. The first kappa shape index (κ1) is 75.7. The van der Waals surface area contributed by atoms with E-state index in [0.29, 0.717) is 75.1 Å². The third-order valence-electron chi connectivity index (χ3n) is 28.2. The Balaban J connectivity index is 0.000000129. The van der Waals surface area contributed by atoms with E-state index in [2.05, 4.69) is 66.9 Å². The summed E-state index contributed by atoms with van der Waals surface area (Å²) >= 11 is 12.9. The van der Waals surface area contributed by atoms with Crippen molar-refractivity contribution in [3.05, 3.63) is 186 Å². The van der Waals surface area contributed by atoms with Gasteiger partial charge in [-0.15, -0.1) is 0 Å². The first-order valence-electron chi connectivity index (χ1n) is 41.5. The molecule has 7 unspecified atom stereocenters. The lowest BCUT2D eigenvalue weighted by Gasteiger charge is -2.43. The minimum Gasteiger partial charge on any atom is -0.348 e. The Kier molecular flexibility index (Phi) is 22.3. The van der Waals surface area contributed by atoms with E-state index in [1.807, 2.05) is 35.0 Å². The van der Waals surface area contributed by atoms with E-state index in [9.17, 15) is 27.6 Å². The average Bonchev–Trinajstić information content (AvgIpc) is 1.57. The highest BCUT2D eigenvalue weighted by Gasteiger charge is 2.61. The number of rotatable bonds is 15. The summed E-state index contributed by atoms with van der Waals surface area (Å²) in [6, 6.07) is 27.6. The monoisotopic (exact) mass is 1500 g/mol. The molecule has 17 heteroatoms. The number of nitrogens with zero attached hydrogens (tertiary/aromatic N) is 6. The summed E-state index contributed by atoms with van der Waals surface area (Å²) in [5, 5.41) is 26.4. The zero-order valence-corrected chi connectivity index (χ0v) is 65.8. The van der Waals surface area contributed by atoms with Gasteiger partial charge in [0.15, 0.2) is 17.1 Å². The third-order valence-corrected chi connectivity index (χ3v) is 28.8. The Morgan fingerprint density at radius 3 is 1.21 bits per heavy atom. The van der Waals surface area contributed by atoms with Crippen LogP contribution in [-0.4, -0.2) is 65.2 Å². The predicted octanol–water partition coefficient (Wildman–Crippen LogP) is 21.7. The fourth-order valence-electron chi connectivity index (χ4n) is 22.5. The van der Waals surface area contributed by atoms with Crippen molar-refractivity contribution < 1.29 is 27.6 Å². The zero-order valence-electron chi connectivity index (χ0n) is 64.3. The Hall–Kier alpha value is -6.71. The molecule has 0 spiro atoms. The van der Waals surface area contributed by atoms with Gasteiger partial charge in [0.25, 0.3) is 17.7 Å². The molecule has 17 rings (SSSR count). The molecule has 7 saturated carbocycles. The Morgan fingerprint density at radius 2 is 0.832 bits per heavy atom. The van der Waals surface area contributed by atoms with Gasteiger partial charge < -0.3 is 16.0 Å². The number of benzene rings is 4. The Morgan fingerprint density at radius 1 is 0.439 bits per heavy atom. The largest absolute Gasteiger partial charge is 0.348 e. The van der Waals surface area contributed by atoms with Gasteiger partial charge in [-0.3, -0.25) is 23.7 Å². The molecule has 3 amide bonds. The lowest BCUT2D eigenvalue weighted by Crippen LogP contribution is -2.52. The second kappa shape index (κ2) is 31.6. The van der Waals surface area contributed by atoms with Gasteiger partial charge in [0.2, 0.25) is 0 Å². The number of nitrogens with one attached hydrogen (secondary N) is 3. The molecule has 12 nitrogen and oxygen atoms in total. The van der Waals surface area contributed by atoms with Gasteiger partial charge in [0.05, 0.1) is 28.5 Å². The smallest absolute Gasteiger partial charge is 0.272 e. The summed E-state index contributed by atoms with van der Waals surface area (Å²) < 4.78 is 48.4. The molecule has 0 saturated heterocycles. The van der Waals surface area contributed by atoms with Gasteiger partial charge in [-0.2, -0.15) is 15.3 Å².